The number of anilines is 2. The van der Waals surface area contributed by atoms with Crippen molar-refractivity contribution in [2.45, 2.75) is 40.7 Å². The molecule has 6 heteroatoms. The van der Waals surface area contributed by atoms with Gasteiger partial charge in [-0.15, -0.1) is 11.3 Å². The monoisotopic (exact) mass is 464 g/mol. The number of methoxy groups -OCH3 is 2. The van der Waals surface area contributed by atoms with E-state index >= 15 is 0 Å². The molecule has 1 amide bonds. The molecule has 3 aromatic rings. The van der Waals surface area contributed by atoms with Crippen LogP contribution in [0.3, 0.4) is 0 Å². The fourth-order valence-corrected chi connectivity index (χ4v) is 4.51. The summed E-state index contributed by atoms with van der Waals surface area (Å²) in [5.74, 6) is 1.41. The van der Waals surface area contributed by atoms with Gasteiger partial charge in [0.25, 0.3) is 0 Å². The highest BCUT2D eigenvalue weighted by Gasteiger charge is 2.22. The fraction of sp³-hybridized carbons (Fsp3) is 0.296. The van der Waals surface area contributed by atoms with Crippen LogP contribution in [0, 0.1) is 13.8 Å². The number of ether oxygens (including phenoxy) is 2. The summed E-state index contributed by atoms with van der Waals surface area (Å²) in [5.41, 5.74) is 6.39. The highest BCUT2D eigenvalue weighted by Crippen LogP contribution is 2.45. The van der Waals surface area contributed by atoms with Gasteiger partial charge in [-0.05, 0) is 75.9 Å². The van der Waals surface area contributed by atoms with E-state index in [1.807, 2.05) is 52.1 Å². The summed E-state index contributed by atoms with van der Waals surface area (Å²) in [6.07, 6.45) is 1.87. The number of amides is 1. The molecule has 0 radical (unpaired) electrons. The number of hydrogen-bond acceptors (Lipinski definition) is 5. The Labute approximate surface area is 200 Å². The third-order valence-corrected chi connectivity index (χ3v) is 6.23. The molecule has 0 bridgehead atoms. The Morgan fingerprint density at radius 3 is 2.21 bits per heavy atom. The summed E-state index contributed by atoms with van der Waals surface area (Å²) in [7, 11) is 3.34. The average molecular weight is 465 g/mol. The number of thiophene rings is 1. The van der Waals surface area contributed by atoms with Crippen LogP contribution in [0.15, 0.2) is 47.4 Å². The predicted molar refractivity (Wildman–Crippen MR) is 139 cm³/mol. The van der Waals surface area contributed by atoms with Gasteiger partial charge >= 0.3 is 0 Å². The van der Waals surface area contributed by atoms with Gasteiger partial charge in [0.05, 0.1) is 19.2 Å². The van der Waals surface area contributed by atoms with Crippen molar-refractivity contribution in [3.8, 4) is 22.6 Å². The zero-order valence-electron chi connectivity index (χ0n) is 20.3. The molecule has 5 nitrogen and oxygen atoms in total. The average Bonchev–Trinajstić information content (AvgIpc) is 3.29. The van der Waals surface area contributed by atoms with Crippen molar-refractivity contribution in [1.29, 1.82) is 0 Å². The molecule has 0 fully saturated rings. The zero-order chi connectivity index (χ0) is 24.1. The summed E-state index contributed by atoms with van der Waals surface area (Å²) >= 11 is 1.66. The van der Waals surface area contributed by atoms with Gasteiger partial charge in [-0.1, -0.05) is 12.1 Å². The van der Waals surface area contributed by atoms with E-state index in [4.69, 9.17) is 9.47 Å². The minimum absolute atomic E-state index is 0.0692. The van der Waals surface area contributed by atoms with Gasteiger partial charge in [-0.2, -0.15) is 0 Å². The summed E-state index contributed by atoms with van der Waals surface area (Å²) in [6.45, 7) is 9.72. The smallest absolute Gasteiger partial charge is 0.247 e. The van der Waals surface area contributed by atoms with Crippen LogP contribution in [0.4, 0.5) is 10.7 Å². The highest BCUT2D eigenvalue weighted by molar-refractivity contribution is 7.14. The van der Waals surface area contributed by atoms with Crippen LogP contribution < -0.4 is 20.1 Å². The molecule has 2 N–H and O–H groups in total. The lowest BCUT2D eigenvalue weighted by Crippen LogP contribution is -2.30. The van der Waals surface area contributed by atoms with Gasteiger partial charge in [0.15, 0.2) is 0 Å². The summed E-state index contributed by atoms with van der Waals surface area (Å²) in [4.78, 5) is 12.5. The molecule has 0 atom stereocenters. The standard InChI is InChI=1S/C27H32N2O3S/c1-16(2)28-27(30)17(3)15-22-18(4)26(32-7)24(19(5)25(22)31-6)20-10-12-21(13-11-20)29-23-9-8-14-33-23/h8-16,29H,1-7H3,(H,28,30). The summed E-state index contributed by atoms with van der Waals surface area (Å²) in [6, 6.07) is 12.4. The van der Waals surface area contributed by atoms with Crippen LogP contribution in [0.25, 0.3) is 17.2 Å². The molecule has 0 unspecified atom stereocenters. The number of benzene rings is 2. The molecular weight excluding hydrogens is 432 g/mol. The van der Waals surface area contributed by atoms with E-state index in [2.05, 4.69) is 41.0 Å². The van der Waals surface area contributed by atoms with E-state index in [9.17, 15) is 4.79 Å². The molecule has 3 rings (SSSR count). The largest absolute Gasteiger partial charge is 0.496 e. The zero-order valence-corrected chi connectivity index (χ0v) is 21.1. The second kappa shape index (κ2) is 10.6. The summed E-state index contributed by atoms with van der Waals surface area (Å²) < 4.78 is 11.7. The molecule has 174 valence electrons. The van der Waals surface area contributed by atoms with Gasteiger partial charge in [-0.25, -0.2) is 0 Å². The second-order valence-corrected chi connectivity index (χ2v) is 9.19. The maximum atomic E-state index is 12.5. The molecule has 0 spiro atoms. The van der Waals surface area contributed by atoms with Crippen molar-refractivity contribution in [1.82, 2.24) is 5.32 Å². The van der Waals surface area contributed by atoms with Crippen LogP contribution in [0.1, 0.15) is 37.5 Å². The predicted octanol–water partition coefficient (Wildman–Crippen LogP) is 6.72. The first-order valence-corrected chi connectivity index (χ1v) is 11.8. The van der Waals surface area contributed by atoms with Gasteiger partial charge in [0, 0.05) is 39.6 Å². The normalized spacial score (nSPS) is 11.5. The molecule has 0 aliphatic carbocycles. The Morgan fingerprint density at radius 2 is 1.67 bits per heavy atom. The van der Waals surface area contributed by atoms with Gasteiger partial charge < -0.3 is 20.1 Å². The van der Waals surface area contributed by atoms with Gasteiger partial charge in [-0.3, -0.25) is 4.79 Å². The topological polar surface area (TPSA) is 59.6 Å². The molecule has 0 saturated carbocycles. The number of rotatable bonds is 8. The van der Waals surface area contributed by atoms with E-state index < -0.39 is 0 Å². The van der Waals surface area contributed by atoms with Gasteiger partial charge in [0.1, 0.15) is 11.5 Å². The third-order valence-electron chi connectivity index (χ3n) is 5.44. The first-order valence-electron chi connectivity index (χ1n) is 10.9. The Hall–Kier alpha value is -3.25. The summed E-state index contributed by atoms with van der Waals surface area (Å²) in [5, 5.41) is 9.49. The Morgan fingerprint density at radius 1 is 1.00 bits per heavy atom. The van der Waals surface area contributed by atoms with E-state index in [0.29, 0.717) is 5.57 Å². The molecule has 2 aromatic carbocycles. The third kappa shape index (κ3) is 5.40. The first kappa shape index (κ1) is 24.4. The van der Waals surface area contributed by atoms with Crippen molar-refractivity contribution >= 4 is 34.0 Å². The maximum absolute atomic E-state index is 12.5. The van der Waals surface area contributed by atoms with Crippen LogP contribution in [-0.2, 0) is 4.79 Å². The molecular formula is C27H32N2O3S. The number of carbonyl (C=O) groups is 1. The molecule has 0 aliphatic heterocycles. The molecule has 0 aliphatic rings. The number of hydrogen-bond donors (Lipinski definition) is 2. The minimum atomic E-state index is -0.0963. The lowest BCUT2D eigenvalue weighted by Gasteiger charge is -2.21. The molecule has 0 saturated heterocycles. The van der Waals surface area contributed by atoms with Crippen molar-refractivity contribution in [2.75, 3.05) is 19.5 Å². The Bertz CT molecular complexity index is 1150. The van der Waals surface area contributed by atoms with Crippen molar-refractivity contribution in [3.05, 3.63) is 64.0 Å². The lowest BCUT2D eigenvalue weighted by atomic mass is 9.91. The van der Waals surface area contributed by atoms with Crippen LogP contribution in [0.5, 0.6) is 11.5 Å². The molecule has 33 heavy (non-hydrogen) atoms. The van der Waals surface area contributed by atoms with Crippen molar-refractivity contribution in [3.63, 3.8) is 0 Å². The maximum Gasteiger partial charge on any atom is 0.247 e. The number of nitrogens with one attached hydrogen (secondary N) is 2. The first-order chi connectivity index (χ1) is 15.8. The van der Waals surface area contributed by atoms with E-state index in [1.54, 1.807) is 25.6 Å². The van der Waals surface area contributed by atoms with Crippen molar-refractivity contribution in [2.24, 2.45) is 0 Å². The highest BCUT2D eigenvalue weighted by atomic mass is 32.1. The van der Waals surface area contributed by atoms with Crippen LogP contribution >= 0.6 is 11.3 Å². The molecule has 1 aromatic heterocycles. The Kier molecular flexibility index (Phi) is 7.82. The minimum Gasteiger partial charge on any atom is -0.496 e. The van der Waals surface area contributed by atoms with Gasteiger partial charge in [0.2, 0.25) is 5.91 Å². The van der Waals surface area contributed by atoms with Crippen molar-refractivity contribution < 1.29 is 14.3 Å². The Balaban J connectivity index is 2.07. The van der Waals surface area contributed by atoms with Crippen LogP contribution in [-0.4, -0.2) is 26.2 Å². The van der Waals surface area contributed by atoms with E-state index in [-0.39, 0.29) is 11.9 Å². The van der Waals surface area contributed by atoms with E-state index in [0.717, 1.165) is 50.0 Å². The fourth-order valence-electron chi connectivity index (χ4n) is 3.88. The second-order valence-electron chi connectivity index (χ2n) is 8.24. The van der Waals surface area contributed by atoms with E-state index in [1.165, 1.54) is 0 Å². The molecule has 1 heterocycles. The van der Waals surface area contributed by atoms with Crippen LogP contribution in [0.2, 0.25) is 0 Å². The lowest BCUT2D eigenvalue weighted by molar-refractivity contribution is -0.117. The SMILES string of the molecule is COc1c(C)c(-c2ccc(Nc3cccs3)cc2)c(OC)c(C)c1C=C(C)C(=O)NC(C)C. The quantitative estimate of drug-likeness (QED) is 0.363. The number of carbonyl (C=O) groups excluding carboxylic acids is 1.